The van der Waals surface area contributed by atoms with Gasteiger partial charge in [-0.05, 0) is 36.6 Å². The van der Waals surface area contributed by atoms with Gasteiger partial charge in [-0.15, -0.1) is 0 Å². The summed E-state index contributed by atoms with van der Waals surface area (Å²) in [5.41, 5.74) is 2.93. The number of aromatic nitrogens is 4. The van der Waals surface area contributed by atoms with E-state index in [1.54, 1.807) is 41.0 Å². The molecule has 0 amide bonds. The van der Waals surface area contributed by atoms with E-state index in [4.69, 9.17) is 4.74 Å². The molecule has 1 saturated heterocycles. The molecular formula is C29H30F3N5O3. The number of aliphatic carboxylic acids is 1. The molecule has 2 aromatic carbocycles. The van der Waals surface area contributed by atoms with E-state index in [2.05, 4.69) is 10.1 Å². The summed E-state index contributed by atoms with van der Waals surface area (Å²) in [6.45, 7) is -0.134. The first-order chi connectivity index (χ1) is 19.2. The Bertz CT molecular complexity index is 1540. The number of aryl methyl sites for hydroxylation is 1. The van der Waals surface area contributed by atoms with Crippen molar-refractivity contribution in [3.63, 3.8) is 0 Å². The molecule has 0 radical (unpaired) electrons. The first-order valence-electron chi connectivity index (χ1n) is 13.4. The second-order valence-electron chi connectivity index (χ2n) is 10.8. The van der Waals surface area contributed by atoms with Crippen molar-refractivity contribution in [1.29, 1.82) is 0 Å². The molecule has 0 spiro atoms. The van der Waals surface area contributed by atoms with Crippen LogP contribution in [0.5, 0.6) is 5.75 Å². The number of hydrogen-bond acceptors (Lipinski definition) is 5. The number of carbonyl (C=O) groups is 1. The van der Waals surface area contributed by atoms with Gasteiger partial charge in [-0.3, -0.25) is 9.48 Å². The lowest BCUT2D eigenvalue weighted by atomic mass is 9.78. The van der Waals surface area contributed by atoms with Crippen LogP contribution in [0.3, 0.4) is 0 Å². The van der Waals surface area contributed by atoms with Gasteiger partial charge in [-0.2, -0.15) is 5.10 Å². The van der Waals surface area contributed by atoms with Gasteiger partial charge in [0.05, 0.1) is 30.2 Å². The number of rotatable bonds is 8. The summed E-state index contributed by atoms with van der Waals surface area (Å²) in [7, 11) is 1.80. The molecule has 0 unspecified atom stereocenters. The van der Waals surface area contributed by atoms with E-state index in [0.29, 0.717) is 47.9 Å². The smallest absolute Gasteiger partial charge is 0.307 e. The number of fused-ring (bicyclic) bond motifs is 1. The van der Waals surface area contributed by atoms with E-state index in [-0.39, 0.29) is 31.1 Å². The molecule has 2 fully saturated rings. The molecule has 2 aromatic heterocycles. The van der Waals surface area contributed by atoms with Crippen LogP contribution in [0, 0.1) is 11.7 Å². The molecule has 210 valence electrons. The van der Waals surface area contributed by atoms with E-state index < -0.39 is 23.6 Å². The van der Waals surface area contributed by atoms with Crippen molar-refractivity contribution in [2.24, 2.45) is 13.0 Å². The van der Waals surface area contributed by atoms with Gasteiger partial charge in [-0.25, -0.2) is 18.2 Å². The second kappa shape index (κ2) is 10.2. The zero-order valence-electron chi connectivity index (χ0n) is 22.1. The fraction of sp³-hybridized carbons (Fsp3) is 0.414. The standard InChI is InChI=1S/C29H30F3N5O3/c1-35-11-10-19(34-35)15-40-21-12-24(30)26-25(13-21)37(27(33-26)22-4-2-3-5-23(22)28(38)39)14-18-6-8-20(9-7-18)36-16-29(31,32)17-36/h6-13,22-23H,2-5,14-17H2,1H3,(H,38,39)/t22-,23+/m0/s1. The van der Waals surface area contributed by atoms with E-state index in [1.165, 1.54) is 6.07 Å². The Morgan fingerprint density at radius 1 is 1.12 bits per heavy atom. The topological polar surface area (TPSA) is 85.4 Å². The molecule has 11 heteroatoms. The van der Waals surface area contributed by atoms with Crippen LogP contribution in [0.4, 0.5) is 18.9 Å². The van der Waals surface area contributed by atoms with Crippen LogP contribution in [0.2, 0.25) is 0 Å². The van der Waals surface area contributed by atoms with Crippen LogP contribution in [0.15, 0.2) is 48.7 Å². The zero-order chi connectivity index (χ0) is 28.0. The summed E-state index contributed by atoms with van der Waals surface area (Å²) < 4.78 is 51.5. The SMILES string of the molecule is Cn1ccc(COc2cc(F)c3nc([C@H]4CCCC[C@H]4C(=O)O)n(Cc4ccc(N5CC(F)(F)C5)cc4)c3c2)n1. The molecule has 1 aliphatic carbocycles. The Morgan fingerprint density at radius 2 is 1.88 bits per heavy atom. The number of hydrogen-bond donors (Lipinski definition) is 1. The van der Waals surface area contributed by atoms with Crippen molar-refractivity contribution in [2.45, 2.75) is 50.7 Å². The van der Waals surface area contributed by atoms with Crippen molar-refractivity contribution in [3.05, 3.63) is 71.6 Å². The number of imidazole rings is 1. The first-order valence-corrected chi connectivity index (χ1v) is 13.4. The summed E-state index contributed by atoms with van der Waals surface area (Å²) >= 11 is 0. The van der Waals surface area contributed by atoms with Crippen LogP contribution in [-0.4, -0.2) is 49.4 Å². The minimum atomic E-state index is -2.66. The third-order valence-corrected chi connectivity index (χ3v) is 7.87. The van der Waals surface area contributed by atoms with Crippen LogP contribution in [0.25, 0.3) is 11.0 Å². The molecule has 1 saturated carbocycles. The number of carboxylic acid groups (broad SMARTS) is 1. The van der Waals surface area contributed by atoms with Crippen molar-refractivity contribution in [3.8, 4) is 5.75 Å². The van der Waals surface area contributed by atoms with Gasteiger partial charge in [0.1, 0.15) is 23.7 Å². The van der Waals surface area contributed by atoms with E-state index in [9.17, 15) is 18.7 Å². The molecule has 40 heavy (non-hydrogen) atoms. The highest BCUT2D eigenvalue weighted by Crippen LogP contribution is 2.40. The molecule has 2 aliphatic rings. The molecule has 6 rings (SSSR count). The fourth-order valence-electron chi connectivity index (χ4n) is 5.83. The number of carboxylic acids is 1. The van der Waals surface area contributed by atoms with Gasteiger partial charge in [0, 0.05) is 43.5 Å². The molecule has 1 aliphatic heterocycles. The summed E-state index contributed by atoms with van der Waals surface area (Å²) in [6, 6.07) is 12.1. The summed E-state index contributed by atoms with van der Waals surface area (Å²) in [5.74, 6) is -4.21. The summed E-state index contributed by atoms with van der Waals surface area (Å²) in [4.78, 5) is 18.4. The maximum absolute atomic E-state index is 15.4. The summed E-state index contributed by atoms with van der Waals surface area (Å²) in [5, 5.41) is 14.2. The van der Waals surface area contributed by atoms with Crippen LogP contribution in [0.1, 0.15) is 48.7 Å². The third-order valence-electron chi connectivity index (χ3n) is 7.87. The van der Waals surface area contributed by atoms with E-state index >= 15 is 4.39 Å². The molecule has 0 bridgehead atoms. The minimum absolute atomic E-state index is 0.160. The predicted octanol–water partition coefficient (Wildman–Crippen LogP) is 5.35. The third kappa shape index (κ3) is 5.12. The van der Waals surface area contributed by atoms with Crippen molar-refractivity contribution in [1.82, 2.24) is 19.3 Å². The van der Waals surface area contributed by atoms with E-state index in [0.717, 1.165) is 18.4 Å². The molecule has 8 nitrogen and oxygen atoms in total. The minimum Gasteiger partial charge on any atom is -0.487 e. The van der Waals surface area contributed by atoms with Gasteiger partial charge in [0.15, 0.2) is 5.82 Å². The Kier molecular flexibility index (Phi) is 6.67. The molecule has 2 atom stereocenters. The number of alkyl halides is 2. The van der Waals surface area contributed by atoms with Crippen molar-refractivity contribution < 1.29 is 27.8 Å². The average molecular weight is 554 g/mol. The maximum atomic E-state index is 15.4. The number of nitrogens with zero attached hydrogens (tertiary/aromatic N) is 5. The zero-order valence-corrected chi connectivity index (χ0v) is 22.1. The average Bonchev–Trinajstić information content (AvgIpc) is 3.50. The van der Waals surface area contributed by atoms with Crippen LogP contribution in [-0.2, 0) is 25.0 Å². The van der Waals surface area contributed by atoms with Gasteiger partial charge < -0.3 is 19.3 Å². The van der Waals surface area contributed by atoms with Gasteiger partial charge in [-0.1, -0.05) is 25.0 Å². The van der Waals surface area contributed by atoms with Crippen LogP contribution >= 0.6 is 0 Å². The lowest BCUT2D eigenvalue weighted by Crippen LogP contribution is -2.56. The van der Waals surface area contributed by atoms with E-state index in [1.807, 2.05) is 22.8 Å². The number of anilines is 1. The quantitative estimate of drug-likeness (QED) is 0.317. The lowest BCUT2D eigenvalue weighted by molar-refractivity contribution is -0.143. The maximum Gasteiger partial charge on any atom is 0.307 e. The number of halogens is 3. The first kappa shape index (κ1) is 26.2. The van der Waals surface area contributed by atoms with Gasteiger partial charge in [0.25, 0.3) is 5.92 Å². The Labute approximate surface area is 229 Å². The number of benzene rings is 2. The highest BCUT2D eigenvalue weighted by molar-refractivity contribution is 5.79. The molecule has 4 aromatic rings. The Balaban J connectivity index is 1.36. The van der Waals surface area contributed by atoms with Gasteiger partial charge >= 0.3 is 5.97 Å². The van der Waals surface area contributed by atoms with Gasteiger partial charge in [0.2, 0.25) is 0 Å². The Morgan fingerprint density at radius 3 is 2.55 bits per heavy atom. The Hall–Kier alpha value is -4.02. The lowest BCUT2D eigenvalue weighted by Gasteiger charge is -2.40. The monoisotopic (exact) mass is 553 g/mol. The second-order valence-corrected chi connectivity index (χ2v) is 10.8. The highest BCUT2D eigenvalue weighted by atomic mass is 19.3. The summed E-state index contributed by atoms with van der Waals surface area (Å²) in [6.07, 6.45) is 4.68. The molecule has 3 heterocycles. The van der Waals surface area contributed by atoms with Crippen LogP contribution < -0.4 is 9.64 Å². The molecule has 1 N–H and O–H groups in total. The van der Waals surface area contributed by atoms with Crippen molar-refractivity contribution in [2.75, 3.05) is 18.0 Å². The number of ether oxygens (including phenoxy) is 1. The fourth-order valence-corrected chi connectivity index (χ4v) is 5.83. The van der Waals surface area contributed by atoms with Crippen molar-refractivity contribution >= 4 is 22.7 Å². The predicted molar refractivity (Wildman–Crippen MR) is 142 cm³/mol. The largest absolute Gasteiger partial charge is 0.487 e. The highest BCUT2D eigenvalue weighted by Gasteiger charge is 2.43. The molecular weight excluding hydrogens is 523 g/mol. The normalized spacial score (nSPS) is 20.4.